The van der Waals surface area contributed by atoms with Crippen LogP contribution in [0.3, 0.4) is 0 Å². The monoisotopic (exact) mass is 141 g/mol. The molecule has 0 unspecified atom stereocenters. The molecule has 0 bridgehead atoms. The van der Waals surface area contributed by atoms with Gasteiger partial charge >= 0.3 is 5.97 Å². The van der Waals surface area contributed by atoms with Gasteiger partial charge in [0.15, 0.2) is 5.60 Å². The molecular formula is C6H7NO3. The van der Waals surface area contributed by atoms with Crippen molar-refractivity contribution < 1.29 is 15.0 Å². The van der Waals surface area contributed by atoms with Crippen LogP contribution in [0.2, 0.25) is 0 Å². The molecular weight excluding hydrogens is 134 g/mol. The van der Waals surface area contributed by atoms with Gasteiger partial charge in [-0.1, -0.05) is 0 Å². The molecule has 1 rings (SSSR count). The molecule has 0 aromatic heterocycles. The molecule has 0 aromatic carbocycles. The van der Waals surface area contributed by atoms with Gasteiger partial charge in [-0.05, 0) is 0 Å². The van der Waals surface area contributed by atoms with Crippen LogP contribution >= 0.6 is 0 Å². The quantitative estimate of drug-likeness (QED) is 0.493. The fraction of sp³-hybridized carbons (Fsp3) is 0.667. The van der Waals surface area contributed by atoms with Crippen molar-refractivity contribution in [2.24, 2.45) is 5.92 Å². The number of hydrogen-bond donors (Lipinski definition) is 2. The number of rotatable bonds is 1. The van der Waals surface area contributed by atoms with Crippen LogP contribution in [-0.4, -0.2) is 21.8 Å². The van der Waals surface area contributed by atoms with Gasteiger partial charge < -0.3 is 10.2 Å². The molecule has 0 radical (unpaired) electrons. The van der Waals surface area contributed by atoms with Gasteiger partial charge in [0.2, 0.25) is 0 Å². The maximum Gasteiger partial charge on any atom is 0.306 e. The lowest BCUT2D eigenvalue weighted by atomic mass is 9.72. The first-order valence-corrected chi connectivity index (χ1v) is 2.94. The summed E-state index contributed by atoms with van der Waals surface area (Å²) < 4.78 is 0. The fourth-order valence-electron chi connectivity index (χ4n) is 1.02. The van der Waals surface area contributed by atoms with E-state index in [-0.39, 0.29) is 12.8 Å². The standard InChI is InChI=1S/C6H7NO3/c7-3-6(10)1-4(2-6)5(8)9/h4,10H,1-2H2,(H,8,9)/t4-,6+. The molecule has 1 aliphatic rings. The van der Waals surface area contributed by atoms with E-state index in [1.165, 1.54) is 0 Å². The van der Waals surface area contributed by atoms with E-state index >= 15 is 0 Å². The summed E-state index contributed by atoms with van der Waals surface area (Å²) in [6, 6.07) is 1.65. The Balaban J connectivity index is 2.46. The summed E-state index contributed by atoms with van der Waals surface area (Å²) >= 11 is 0. The van der Waals surface area contributed by atoms with Crippen LogP contribution in [0.5, 0.6) is 0 Å². The lowest BCUT2D eigenvalue weighted by Crippen LogP contribution is -2.45. The largest absolute Gasteiger partial charge is 0.481 e. The van der Waals surface area contributed by atoms with E-state index in [2.05, 4.69) is 0 Å². The number of carboxylic acid groups (broad SMARTS) is 1. The number of carboxylic acids is 1. The second-order valence-electron chi connectivity index (χ2n) is 2.59. The minimum Gasteiger partial charge on any atom is -0.481 e. The number of aliphatic carboxylic acids is 1. The molecule has 0 aliphatic heterocycles. The average Bonchev–Trinajstić information content (AvgIpc) is 1.80. The topological polar surface area (TPSA) is 81.3 Å². The summed E-state index contributed by atoms with van der Waals surface area (Å²) in [5, 5.41) is 25.6. The van der Waals surface area contributed by atoms with Crippen LogP contribution in [0, 0.1) is 17.2 Å². The minimum atomic E-state index is -1.36. The van der Waals surface area contributed by atoms with E-state index in [0.717, 1.165) is 0 Å². The highest BCUT2D eigenvalue weighted by atomic mass is 16.4. The number of nitrogens with zero attached hydrogens (tertiary/aromatic N) is 1. The Bertz CT molecular complexity index is 200. The number of aliphatic hydroxyl groups is 1. The molecule has 0 spiro atoms. The predicted octanol–water partition coefficient (Wildman–Crippen LogP) is -0.264. The third kappa shape index (κ3) is 0.957. The molecule has 54 valence electrons. The maximum atomic E-state index is 10.2. The van der Waals surface area contributed by atoms with E-state index in [4.69, 9.17) is 15.5 Å². The highest BCUT2D eigenvalue weighted by molar-refractivity contribution is 5.72. The fourth-order valence-corrected chi connectivity index (χ4v) is 1.02. The smallest absolute Gasteiger partial charge is 0.306 e. The summed E-state index contributed by atoms with van der Waals surface area (Å²) in [7, 11) is 0. The third-order valence-electron chi connectivity index (χ3n) is 1.73. The lowest BCUT2D eigenvalue weighted by Gasteiger charge is -2.35. The molecule has 1 saturated carbocycles. The Kier molecular flexibility index (Phi) is 1.38. The van der Waals surface area contributed by atoms with Crippen molar-refractivity contribution in [3.05, 3.63) is 0 Å². The first kappa shape index (κ1) is 7.03. The Morgan fingerprint density at radius 1 is 1.70 bits per heavy atom. The molecule has 10 heavy (non-hydrogen) atoms. The number of hydrogen-bond acceptors (Lipinski definition) is 3. The molecule has 0 heterocycles. The van der Waals surface area contributed by atoms with E-state index in [1.54, 1.807) is 6.07 Å². The van der Waals surface area contributed by atoms with Crippen molar-refractivity contribution in [3.8, 4) is 6.07 Å². The van der Waals surface area contributed by atoms with E-state index < -0.39 is 17.5 Å². The summed E-state index contributed by atoms with van der Waals surface area (Å²) in [6.07, 6.45) is 0.137. The number of nitriles is 1. The molecule has 1 fully saturated rings. The second-order valence-corrected chi connectivity index (χ2v) is 2.59. The zero-order chi connectivity index (χ0) is 7.78. The van der Waals surface area contributed by atoms with Gasteiger partial charge in [0.05, 0.1) is 12.0 Å². The van der Waals surface area contributed by atoms with Crippen LogP contribution in [0.4, 0.5) is 0 Å². The first-order valence-electron chi connectivity index (χ1n) is 2.94. The SMILES string of the molecule is N#C[C@]1(O)C[C@@H](C(=O)O)C1. The van der Waals surface area contributed by atoms with Gasteiger partial charge in [0.25, 0.3) is 0 Å². The first-order chi connectivity index (χ1) is 4.57. The Hall–Kier alpha value is -1.08. The van der Waals surface area contributed by atoms with Crippen molar-refractivity contribution in [1.29, 1.82) is 5.26 Å². The van der Waals surface area contributed by atoms with Gasteiger partial charge in [-0.3, -0.25) is 4.79 Å². The highest BCUT2D eigenvalue weighted by Gasteiger charge is 2.46. The van der Waals surface area contributed by atoms with Gasteiger partial charge in [0.1, 0.15) is 0 Å². The lowest BCUT2D eigenvalue weighted by molar-refractivity contribution is -0.152. The zero-order valence-corrected chi connectivity index (χ0v) is 5.24. The van der Waals surface area contributed by atoms with Gasteiger partial charge in [-0.25, -0.2) is 0 Å². The van der Waals surface area contributed by atoms with E-state index in [9.17, 15) is 4.79 Å². The summed E-state index contributed by atoms with van der Waals surface area (Å²) in [6.45, 7) is 0. The minimum absolute atomic E-state index is 0.0683. The Morgan fingerprint density at radius 3 is 2.50 bits per heavy atom. The zero-order valence-electron chi connectivity index (χ0n) is 5.24. The molecule has 0 aromatic rings. The van der Waals surface area contributed by atoms with Crippen molar-refractivity contribution in [2.75, 3.05) is 0 Å². The molecule has 1 aliphatic carbocycles. The van der Waals surface area contributed by atoms with Gasteiger partial charge in [0, 0.05) is 12.8 Å². The normalized spacial score (nSPS) is 37.8. The maximum absolute atomic E-state index is 10.2. The molecule has 4 heteroatoms. The van der Waals surface area contributed by atoms with Crippen LogP contribution in [0.25, 0.3) is 0 Å². The van der Waals surface area contributed by atoms with Gasteiger partial charge in [-0.2, -0.15) is 5.26 Å². The van der Waals surface area contributed by atoms with E-state index in [0.29, 0.717) is 0 Å². The third-order valence-corrected chi connectivity index (χ3v) is 1.73. The van der Waals surface area contributed by atoms with Crippen LogP contribution in [-0.2, 0) is 4.79 Å². The van der Waals surface area contributed by atoms with Crippen molar-refractivity contribution >= 4 is 5.97 Å². The Morgan fingerprint density at radius 2 is 2.20 bits per heavy atom. The molecule has 0 saturated heterocycles. The van der Waals surface area contributed by atoms with Crippen LogP contribution in [0.15, 0.2) is 0 Å². The molecule has 2 N–H and O–H groups in total. The van der Waals surface area contributed by atoms with Crippen molar-refractivity contribution in [3.63, 3.8) is 0 Å². The van der Waals surface area contributed by atoms with Gasteiger partial charge in [-0.15, -0.1) is 0 Å². The Labute approximate surface area is 57.7 Å². The highest BCUT2D eigenvalue weighted by Crippen LogP contribution is 2.36. The van der Waals surface area contributed by atoms with E-state index in [1.807, 2.05) is 0 Å². The van der Waals surface area contributed by atoms with Crippen LogP contribution < -0.4 is 0 Å². The molecule has 0 amide bonds. The molecule has 0 atom stereocenters. The van der Waals surface area contributed by atoms with Crippen LogP contribution in [0.1, 0.15) is 12.8 Å². The van der Waals surface area contributed by atoms with Crippen molar-refractivity contribution in [2.45, 2.75) is 18.4 Å². The van der Waals surface area contributed by atoms with Crippen molar-refractivity contribution in [1.82, 2.24) is 0 Å². The predicted molar refractivity (Wildman–Crippen MR) is 30.9 cm³/mol. The summed E-state index contributed by atoms with van der Waals surface area (Å²) in [4.78, 5) is 10.2. The number of carbonyl (C=O) groups is 1. The average molecular weight is 141 g/mol. The summed E-state index contributed by atoms with van der Waals surface area (Å²) in [5.41, 5.74) is -1.36. The molecule has 4 nitrogen and oxygen atoms in total. The second kappa shape index (κ2) is 1.96. The summed E-state index contributed by atoms with van der Waals surface area (Å²) in [5.74, 6) is -1.45.